The third-order valence-electron chi connectivity index (χ3n) is 7.93. The van der Waals surface area contributed by atoms with Crippen LogP contribution in [-0.4, -0.2) is 33.5 Å². The third kappa shape index (κ3) is 5.04. The van der Waals surface area contributed by atoms with Crippen molar-refractivity contribution in [3.05, 3.63) is 70.8 Å². The normalized spacial score (nSPS) is 17.5. The number of benzene rings is 2. The lowest BCUT2D eigenvalue weighted by Gasteiger charge is -2.30. The molecule has 0 saturated carbocycles. The summed E-state index contributed by atoms with van der Waals surface area (Å²) in [6, 6.07) is 11.6. The number of amides is 1. The van der Waals surface area contributed by atoms with Crippen LogP contribution < -0.4 is 10.1 Å². The van der Waals surface area contributed by atoms with E-state index in [9.17, 15) is 9.59 Å². The molecular weight excluding hydrogens is 484 g/mol. The van der Waals surface area contributed by atoms with Gasteiger partial charge in [0.1, 0.15) is 16.8 Å². The number of fused-ring (bicyclic) bond motifs is 1. The quantitative estimate of drug-likeness (QED) is 0.312. The van der Waals surface area contributed by atoms with Crippen molar-refractivity contribution in [1.29, 1.82) is 0 Å². The zero-order chi connectivity index (χ0) is 27.0. The van der Waals surface area contributed by atoms with Gasteiger partial charge in [0, 0.05) is 23.2 Å². The number of rotatable bonds is 9. The number of aromatic nitrogens is 3. The first kappa shape index (κ1) is 26.9. The van der Waals surface area contributed by atoms with Gasteiger partial charge in [-0.05, 0) is 46.9 Å². The van der Waals surface area contributed by atoms with E-state index >= 15 is 0 Å². The van der Waals surface area contributed by atoms with Gasteiger partial charge in [-0.2, -0.15) is 12.6 Å². The molecule has 8 heteroatoms. The summed E-state index contributed by atoms with van der Waals surface area (Å²) in [5.74, 6) is 0.635. The predicted octanol–water partition coefficient (Wildman–Crippen LogP) is 5.76. The Balaban J connectivity index is 1.53. The highest BCUT2D eigenvalue weighted by atomic mass is 32.1. The SMILES string of the molecule is CCC(C)(C)c1ccc(OCC(=O)Nc2cccc3c2CC(S)(c2nnc[nH]2)C3=O)c(C(C)(C)CC)c1. The molecule has 4 rings (SSSR count). The van der Waals surface area contributed by atoms with Crippen molar-refractivity contribution in [2.24, 2.45) is 0 Å². The predicted molar refractivity (Wildman–Crippen MR) is 149 cm³/mol. The van der Waals surface area contributed by atoms with Gasteiger partial charge in [0.05, 0.1) is 0 Å². The van der Waals surface area contributed by atoms with Gasteiger partial charge in [-0.3, -0.25) is 9.59 Å². The summed E-state index contributed by atoms with van der Waals surface area (Å²) in [5, 5.41) is 10.7. The van der Waals surface area contributed by atoms with E-state index in [-0.39, 0.29) is 29.1 Å². The topological polar surface area (TPSA) is 97.0 Å². The lowest BCUT2D eigenvalue weighted by Crippen LogP contribution is -2.28. The number of ketones is 1. The molecule has 1 amide bonds. The number of hydrogen-bond acceptors (Lipinski definition) is 6. The summed E-state index contributed by atoms with van der Waals surface area (Å²) in [7, 11) is 0. The van der Waals surface area contributed by atoms with E-state index in [1.807, 2.05) is 6.07 Å². The number of aromatic amines is 1. The van der Waals surface area contributed by atoms with Crippen molar-refractivity contribution in [2.45, 2.75) is 76.4 Å². The van der Waals surface area contributed by atoms with Crippen molar-refractivity contribution in [2.75, 3.05) is 11.9 Å². The zero-order valence-corrected chi connectivity index (χ0v) is 23.3. The van der Waals surface area contributed by atoms with Crippen LogP contribution in [0.15, 0.2) is 42.7 Å². The molecule has 0 spiro atoms. The molecule has 2 N–H and O–H groups in total. The summed E-state index contributed by atoms with van der Waals surface area (Å²) < 4.78 is 4.94. The molecule has 7 nitrogen and oxygen atoms in total. The Labute approximate surface area is 224 Å². The average Bonchev–Trinajstić information content (AvgIpc) is 3.51. The summed E-state index contributed by atoms with van der Waals surface area (Å²) in [6.45, 7) is 13.1. The minimum atomic E-state index is -1.15. The molecule has 3 aromatic rings. The van der Waals surface area contributed by atoms with E-state index in [1.54, 1.807) is 18.2 Å². The van der Waals surface area contributed by atoms with Crippen molar-refractivity contribution < 1.29 is 14.3 Å². The molecule has 1 aliphatic rings. The van der Waals surface area contributed by atoms with Crippen LogP contribution in [0.5, 0.6) is 5.75 Å². The largest absolute Gasteiger partial charge is 0.483 e. The Hall–Kier alpha value is -3.13. The second kappa shape index (κ2) is 9.97. The molecule has 196 valence electrons. The van der Waals surface area contributed by atoms with Gasteiger partial charge in [0.15, 0.2) is 18.2 Å². The Morgan fingerprint density at radius 1 is 1.14 bits per heavy atom. The molecule has 1 atom stereocenters. The minimum Gasteiger partial charge on any atom is -0.483 e. The van der Waals surface area contributed by atoms with Crippen molar-refractivity contribution in [1.82, 2.24) is 15.2 Å². The van der Waals surface area contributed by atoms with E-state index in [0.29, 0.717) is 29.2 Å². The molecule has 0 bridgehead atoms. The second-order valence-corrected chi connectivity index (χ2v) is 11.8. The number of carbonyl (C=O) groups is 2. The van der Waals surface area contributed by atoms with Gasteiger partial charge in [0.2, 0.25) is 0 Å². The Bertz CT molecular complexity index is 1320. The standard InChI is InChI=1S/C29H36N4O3S/c1-7-27(3,4)18-12-13-23(21(14-18)28(5,6)8-2)36-16-24(34)32-22-11-9-10-19-20(22)15-29(37,25(19)35)26-30-17-31-33-26/h9-14,17,37H,7-8,15-16H2,1-6H3,(H,32,34)(H,30,31,33). The second-order valence-electron chi connectivity index (χ2n) is 11.1. The number of nitrogens with one attached hydrogen (secondary N) is 2. The number of anilines is 1. The number of H-pyrrole nitrogens is 1. The van der Waals surface area contributed by atoms with E-state index in [1.165, 1.54) is 11.9 Å². The van der Waals surface area contributed by atoms with E-state index < -0.39 is 4.75 Å². The van der Waals surface area contributed by atoms with Gasteiger partial charge >= 0.3 is 0 Å². The number of ether oxygens (including phenoxy) is 1. The van der Waals surface area contributed by atoms with Crippen LogP contribution in [0, 0.1) is 0 Å². The monoisotopic (exact) mass is 520 g/mol. The lowest BCUT2D eigenvalue weighted by atomic mass is 9.76. The lowest BCUT2D eigenvalue weighted by molar-refractivity contribution is -0.118. The van der Waals surface area contributed by atoms with Crippen molar-refractivity contribution in [3.8, 4) is 5.75 Å². The first-order valence-electron chi connectivity index (χ1n) is 12.8. The Kier molecular flexibility index (Phi) is 7.25. The maximum atomic E-state index is 13.1. The third-order valence-corrected chi connectivity index (χ3v) is 8.50. The van der Waals surface area contributed by atoms with Crippen LogP contribution in [0.2, 0.25) is 0 Å². The molecule has 1 unspecified atom stereocenters. The van der Waals surface area contributed by atoms with Gasteiger partial charge in [-0.25, -0.2) is 0 Å². The number of thiol groups is 1. The Morgan fingerprint density at radius 2 is 1.86 bits per heavy atom. The van der Waals surface area contributed by atoms with Gasteiger partial charge < -0.3 is 15.0 Å². The van der Waals surface area contributed by atoms with Crippen molar-refractivity contribution in [3.63, 3.8) is 0 Å². The van der Waals surface area contributed by atoms with Crippen LogP contribution in [-0.2, 0) is 26.8 Å². The van der Waals surface area contributed by atoms with Gasteiger partial charge in [0.25, 0.3) is 5.91 Å². The number of Topliss-reactive ketones (excluding diaryl/α,β-unsaturated/α-hetero) is 1. The smallest absolute Gasteiger partial charge is 0.262 e. The molecule has 1 aromatic heterocycles. The summed E-state index contributed by atoms with van der Waals surface area (Å²) >= 11 is 4.67. The number of nitrogens with zero attached hydrogens (tertiary/aromatic N) is 2. The minimum absolute atomic E-state index is 0.0491. The van der Waals surface area contributed by atoms with Crippen LogP contribution >= 0.6 is 12.6 Å². The molecule has 1 heterocycles. The molecule has 37 heavy (non-hydrogen) atoms. The highest BCUT2D eigenvalue weighted by Gasteiger charge is 2.47. The summed E-state index contributed by atoms with van der Waals surface area (Å²) in [5.41, 5.74) is 4.12. The van der Waals surface area contributed by atoms with Gasteiger partial charge in [-0.15, -0.1) is 10.2 Å². The Morgan fingerprint density at radius 3 is 2.51 bits per heavy atom. The molecular formula is C29H36N4O3S. The maximum Gasteiger partial charge on any atom is 0.262 e. The molecule has 1 aliphatic carbocycles. The van der Waals surface area contributed by atoms with E-state index in [0.717, 1.165) is 24.0 Å². The summed E-state index contributed by atoms with van der Waals surface area (Å²) in [4.78, 5) is 29.0. The van der Waals surface area contributed by atoms with Crippen LogP contribution in [0.3, 0.4) is 0 Å². The zero-order valence-electron chi connectivity index (χ0n) is 22.4. The van der Waals surface area contributed by atoms with Gasteiger partial charge in [-0.1, -0.05) is 65.8 Å². The molecule has 0 saturated heterocycles. The average molecular weight is 521 g/mol. The summed E-state index contributed by atoms with van der Waals surface area (Å²) in [6.07, 6.45) is 3.68. The van der Waals surface area contributed by atoms with Crippen LogP contribution in [0.1, 0.15) is 87.3 Å². The van der Waals surface area contributed by atoms with E-state index in [4.69, 9.17) is 4.74 Å². The molecule has 0 fully saturated rings. The highest BCUT2D eigenvalue weighted by molar-refractivity contribution is 7.82. The number of hydrogen-bond donors (Lipinski definition) is 3. The first-order chi connectivity index (χ1) is 17.4. The maximum absolute atomic E-state index is 13.1. The fraction of sp³-hybridized carbons (Fsp3) is 0.448. The van der Waals surface area contributed by atoms with Crippen LogP contribution in [0.4, 0.5) is 5.69 Å². The van der Waals surface area contributed by atoms with Crippen LogP contribution in [0.25, 0.3) is 0 Å². The first-order valence-corrected chi connectivity index (χ1v) is 13.2. The van der Waals surface area contributed by atoms with Crippen molar-refractivity contribution >= 4 is 30.0 Å². The fourth-order valence-corrected chi connectivity index (χ4v) is 4.98. The molecule has 2 aromatic carbocycles. The molecule has 0 radical (unpaired) electrons. The fourth-order valence-electron chi connectivity index (χ4n) is 4.59. The molecule has 0 aliphatic heterocycles. The number of carbonyl (C=O) groups excluding carboxylic acids is 2. The highest BCUT2D eigenvalue weighted by Crippen LogP contribution is 2.44. The van der Waals surface area contributed by atoms with E-state index in [2.05, 4.69) is 86.8 Å².